The van der Waals surface area contributed by atoms with Crippen molar-refractivity contribution < 1.29 is 8.42 Å². The molecule has 0 amide bonds. The lowest BCUT2D eigenvalue weighted by Gasteiger charge is -2.13. The molecule has 1 N–H and O–H groups in total. The van der Waals surface area contributed by atoms with Gasteiger partial charge in [-0.1, -0.05) is 0 Å². The van der Waals surface area contributed by atoms with E-state index >= 15 is 0 Å². The summed E-state index contributed by atoms with van der Waals surface area (Å²) < 4.78 is 24.8. The van der Waals surface area contributed by atoms with Gasteiger partial charge in [-0.2, -0.15) is 5.10 Å². The van der Waals surface area contributed by atoms with Crippen LogP contribution in [0.15, 0.2) is 12.1 Å². The molecule has 1 fully saturated rings. The Labute approximate surface area is 129 Å². The van der Waals surface area contributed by atoms with Gasteiger partial charge in [0.1, 0.15) is 11.5 Å². The first-order valence-corrected chi connectivity index (χ1v) is 9.01. The fraction of sp³-hybridized carbons (Fsp3) is 0.500. The van der Waals surface area contributed by atoms with E-state index in [2.05, 4.69) is 20.2 Å². The van der Waals surface area contributed by atoms with Crippen molar-refractivity contribution in [2.45, 2.75) is 26.2 Å². The quantitative estimate of drug-likeness (QED) is 0.918. The normalized spacial score (nSPS) is 19.7. The van der Waals surface area contributed by atoms with Crippen molar-refractivity contribution in [3.8, 4) is 11.4 Å². The first-order chi connectivity index (χ1) is 10.3. The maximum absolute atomic E-state index is 11.6. The molecule has 0 aliphatic carbocycles. The molecular weight excluding hydrogens is 302 g/mol. The number of H-pyrrole nitrogens is 1. The molecule has 3 heterocycles. The lowest BCUT2D eigenvalue weighted by atomic mass is 10.0. The van der Waals surface area contributed by atoms with Crippen molar-refractivity contribution in [1.29, 1.82) is 0 Å². The summed E-state index contributed by atoms with van der Waals surface area (Å²) in [5.74, 6) is 0.779. The van der Waals surface area contributed by atoms with Gasteiger partial charge in [-0.05, 0) is 32.4 Å². The van der Waals surface area contributed by atoms with E-state index in [0.717, 1.165) is 29.2 Å². The molecule has 7 nitrogen and oxygen atoms in total. The number of rotatable bonds is 3. The van der Waals surface area contributed by atoms with Gasteiger partial charge in [0.05, 0.1) is 11.9 Å². The van der Waals surface area contributed by atoms with Crippen LogP contribution >= 0.6 is 0 Å². The summed E-state index contributed by atoms with van der Waals surface area (Å²) in [7, 11) is -3.14. The van der Waals surface area contributed by atoms with Crippen LogP contribution < -0.4 is 0 Å². The molecule has 0 saturated carbocycles. The second kappa shape index (κ2) is 5.44. The van der Waals surface area contributed by atoms with Gasteiger partial charge in [-0.3, -0.25) is 5.10 Å². The SMILES string of the molecule is Cc1nc(-c2cc(C)[nH]n2)cc(C2CCN(S(C)(=O)=O)C2)n1. The Morgan fingerprint density at radius 3 is 2.59 bits per heavy atom. The second-order valence-electron chi connectivity index (χ2n) is 5.77. The predicted molar refractivity (Wildman–Crippen MR) is 82.9 cm³/mol. The van der Waals surface area contributed by atoms with Crippen molar-refractivity contribution >= 4 is 10.0 Å². The van der Waals surface area contributed by atoms with Crippen LogP contribution in [0.25, 0.3) is 11.4 Å². The van der Waals surface area contributed by atoms with Gasteiger partial charge in [0.2, 0.25) is 10.0 Å². The molecule has 118 valence electrons. The van der Waals surface area contributed by atoms with Gasteiger partial charge in [0, 0.05) is 30.4 Å². The number of sulfonamides is 1. The first-order valence-electron chi connectivity index (χ1n) is 7.16. The Kier molecular flexibility index (Phi) is 3.73. The topological polar surface area (TPSA) is 91.8 Å². The van der Waals surface area contributed by atoms with Gasteiger partial charge in [-0.15, -0.1) is 0 Å². The Bertz CT molecular complexity index is 799. The summed E-state index contributed by atoms with van der Waals surface area (Å²) in [6.07, 6.45) is 2.03. The molecule has 3 rings (SSSR count). The number of aromatic nitrogens is 4. The van der Waals surface area contributed by atoms with Crippen molar-refractivity contribution in [2.75, 3.05) is 19.3 Å². The van der Waals surface area contributed by atoms with E-state index in [1.165, 1.54) is 10.6 Å². The predicted octanol–water partition coefficient (Wildman–Crippen LogP) is 1.23. The zero-order chi connectivity index (χ0) is 15.9. The average Bonchev–Trinajstić information content (AvgIpc) is 3.05. The van der Waals surface area contributed by atoms with E-state index in [4.69, 9.17) is 0 Å². The molecule has 2 aromatic heterocycles. The summed E-state index contributed by atoms with van der Waals surface area (Å²) in [6.45, 7) is 4.81. The highest BCUT2D eigenvalue weighted by molar-refractivity contribution is 7.88. The van der Waals surface area contributed by atoms with Gasteiger partial charge in [-0.25, -0.2) is 22.7 Å². The van der Waals surface area contributed by atoms with E-state index in [1.807, 2.05) is 26.0 Å². The van der Waals surface area contributed by atoms with Gasteiger partial charge in [0.25, 0.3) is 0 Å². The van der Waals surface area contributed by atoms with Crippen molar-refractivity contribution in [1.82, 2.24) is 24.5 Å². The molecule has 8 heteroatoms. The van der Waals surface area contributed by atoms with E-state index in [0.29, 0.717) is 18.9 Å². The molecule has 1 aliphatic rings. The standard InChI is InChI=1S/C14H19N5O2S/c1-9-6-14(18-17-9)13-7-12(15-10(2)16-13)11-4-5-19(8-11)22(3,20)21/h6-7,11H,4-5,8H2,1-3H3,(H,17,18). The maximum Gasteiger partial charge on any atom is 0.211 e. The van der Waals surface area contributed by atoms with E-state index < -0.39 is 10.0 Å². The van der Waals surface area contributed by atoms with Crippen LogP contribution in [0, 0.1) is 13.8 Å². The zero-order valence-corrected chi connectivity index (χ0v) is 13.7. The number of aryl methyl sites for hydroxylation is 2. The summed E-state index contributed by atoms with van der Waals surface area (Å²) in [5, 5.41) is 7.13. The van der Waals surface area contributed by atoms with Crippen LogP contribution in [-0.2, 0) is 10.0 Å². The molecule has 1 unspecified atom stereocenters. The van der Waals surface area contributed by atoms with Crippen molar-refractivity contribution in [3.05, 3.63) is 29.3 Å². The number of aromatic amines is 1. The first kappa shape index (κ1) is 15.1. The summed E-state index contributed by atoms with van der Waals surface area (Å²) in [5.41, 5.74) is 3.40. The minimum Gasteiger partial charge on any atom is -0.282 e. The molecule has 0 bridgehead atoms. The maximum atomic E-state index is 11.6. The fourth-order valence-corrected chi connectivity index (χ4v) is 3.64. The molecule has 0 aromatic carbocycles. The molecule has 22 heavy (non-hydrogen) atoms. The summed E-state index contributed by atoms with van der Waals surface area (Å²) >= 11 is 0. The Hall–Kier alpha value is -1.80. The second-order valence-corrected chi connectivity index (χ2v) is 7.75. The monoisotopic (exact) mass is 321 g/mol. The molecule has 0 spiro atoms. The number of hydrogen-bond acceptors (Lipinski definition) is 5. The highest BCUT2D eigenvalue weighted by Crippen LogP contribution is 2.29. The summed E-state index contributed by atoms with van der Waals surface area (Å²) in [4.78, 5) is 8.93. The average molecular weight is 321 g/mol. The van der Waals surface area contributed by atoms with Crippen LogP contribution in [0.3, 0.4) is 0 Å². The highest BCUT2D eigenvalue weighted by Gasteiger charge is 2.30. The van der Waals surface area contributed by atoms with Crippen molar-refractivity contribution in [3.63, 3.8) is 0 Å². The number of hydrogen-bond donors (Lipinski definition) is 1. The van der Waals surface area contributed by atoms with Crippen LogP contribution in [-0.4, -0.2) is 52.2 Å². The van der Waals surface area contributed by atoms with Crippen LogP contribution in [0.2, 0.25) is 0 Å². The lowest BCUT2D eigenvalue weighted by Crippen LogP contribution is -2.27. The van der Waals surface area contributed by atoms with E-state index in [-0.39, 0.29) is 5.92 Å². The molecule has 0 radical (unpaired) electrons. The molecule has 2 aromatic rings. The van der Waals surface area contributed by atoms with E-state index in [9.17, 15) is 8.42 Å². The van der Waals surface area contributed by atoms with Gasteiger partial charge >= 0.3 is 0 Å². The van der Waals surface area contributed by atoms with Crippen LogP contribution in [0.5, 0.6) is 0 Å². The number of nitrogens with zero attached hydrogens (tertiary/aromatic N) is 4. The third-order valence-electron chi connectivity index (χ3n) is 3.86. The largest absolute Gasteiger partial charge is 0.282 e. The lowest BCUT2D eigenvalue weighted by molar-refractivity contribution is 0.477. The fourth-order valence-electron chi connectivity index (χ4n) is 2.75. The van der Waals surface area contributed by atoms with Gasteiger partial charge < -0.3 is 0 Å². The van der Waals surface area contributed by atoms with Crippen molar-refractivity contribution in [2.24, 2.45) is 0 Å². The molecule has 1 aliphatic heterocycles. The Morgan fingerprint density at radius 2 is 2.00 bits per heavy atom. The smallest absolute Gasteiger partial charge is 0.211 e. The Balaban J connectivity index is 1.91. The summed E-state index contributed by atoms with van der Waals surface area (Å²) in [6, 6.07) is 3.85. The number of nitrogens with one attached hydrogen (secondary N) is 1. The molecular formula is C14H19N5O2S. The van der Waals surface area contributed by atoms with E-state index in [1.54, 1.807) is 0 Å². The highest BCUT2D eigenvalue weighted by atomic mass is 32.2. The van der Waals surface area contributed by atoms with Crippen LogP contribution in [0.4, 0.5) is 0 Å². The minimum absolute atomic E-state index is 0.107. The third-order valence-corrected chi connectivity index (χ3v) is 5.13. The van der Waals surface area contributed by atoms with Gasteiger partial charge in [0.15, 0.2) is 0 Å². The third kappa shape index (κ3) is 3.02. The molecule has 1 atom stereocenters. The Morgan fingerprint density at radius 1 is 1.23 bits per heavy atom. The zero-order valence-electron chi connectivity index (χ0n) is 12.9. The minimum atomic E-state index is -3.14. The van der Waals surface area contributed by atoms with Crippen LogP contribution in [0.1, 0.15) is 29.6 Å². The molecule has 1 saturated heterocycles.